The first-order valence-corrected chi connectivity index (χ1v) is 29.0. The molecule has 0 atom stereocenters. The average molecular weight is 950 g/mol. The molecule has 2 rings (SSSR count). The van der Waals surface area contributed by atoms with Gasteiger partial charge in [0.15, 0.2) is 0 Å². The molecular weight excluding hydrogens is 843 g/mol. The van der Waals surface area contributed by atoms with Crippen LogP contribution >= 0.6 is 0 Å². The summed E-state index contributed by atoms with van der Waals surface area (Å²) < 4.78 is 0. The third kappa shape index (κ3) is 34.2. The monoisotopic (exact) mass is 949 g/mol. The Hall–Kier alpha value is -2.17. The molecule has 0 fully saturated rings. The van der Waals surface area contributed by atoms with Gasteiger partial charge >= 0.3 is 0 Å². The van der Waals surface area contributed by atoms with Crippen LogP contribution in [0.4, 0.5) is 11.4 Å². The fourth-order valence-electron chi connectivity index (χ4n) is 9.46. The number of aliphatic imine (C=N–C) groups is 2. The summed E-state index contributed by atoms with van der Waals surface area (Å²) in [5.41, 5.74) is 8.80. The molecule has 0 bridgehead atoms. The number of hydrogen-bond donors (Lipinski definition) is 0. The van der Waals surface area contributed by atoms with Crippen LogP contribution in [0.3, 0.4) is 0 Å². The Morgan fingerprint density at radius 1 is 0.364 bits per heavy atom. The van der Waals surface area contributed by atoms with E-state index in [2.05, 4.69) is 82.9 Å². The van der Waals surface area contributed by atoms with E-state index >= 15 is 0 Å². The van der Waals surface area contributed by atoms with Gasteiger partial charge in [-0.1, -0.05) is 258 Å². The second kappa shape index (κ2) is 46.6. The second-order valence-electron chi connectivity index (χ2n) is 20.0. The smallest absolute Gasteiger partial charge is 0.132 e. The van der Waals surface area contributed by atoms with Crippen LogP contribution in [-0.4, -0.2) is 11.9 Å². The summed E-state index contributed by atoms with van der Waals surface area (Å²) in [7, 11) is 0. The van der Waals surface area contributed by atoms with E-state index in [0.29, 0.717) is 0 Å². The number of benzene rings is 2. The number of rotatable bonds is 44. The van der Waals surface area contributed by atoms with Crippen LogP contribution in [0.25, 0.3) is 0 Å². The van der Waals surface area contributed by atoms with E-state index in [-0.39, 0.29) is 16.5 Å². The number of hydrogen-bond acceptors (Lipinski definition) is 2. The van der Waals surface area contributed by atoms with Crippen molar-refractivity contribution in [3.8, 4) is 11.8 Å². The molecule has 0 amide bonds. The molecule has 0 unspecified atom stereocenters. The molecule has 378 valence electrons. The molecule has 2 aromatic carbocycles. The van der Waals surface area contributed by atoms with Crippen molar-refractivity contribution in [1.82, 2.24) is 0 Å². The molecule has 0 saturated carbocycles. The van der Waals surface area contributed by atoms with Crippen LogP contribution < -0.4 is 0 Å². The topological polar surface area (TPSA) is 24.7 Å². The zero-order valence-electron chi connectivity index (χ0n) is 44.5. The molecule has 0 aliphatic heterocycles. The van der Waals surface area contributed by atoms with Crippen molar-refractivity contribution in [2.45, 2.75) is 304 Å². The Balaban J connectivity index is 0.0000218. The Morgan fingerprint density at radius 2 is 0.667 bits per heavy atom. The molecule has 0 radical (unpaired) electrons. The Kier molecular flexibility index (Phi) is 43.6. The third-order valence-electron chi connectivity index (χ3n) is 13.8. The molecule has 66 heavy (non-hydrogen) atoms. The molecular formula is C63H106N2Ni. The fourth-order valence-corrected chi connectivity index (χ4v) is 9.46. The van der Waals surface area contributed by atoms with E-state index in [0.717, 1.165) is 36.3 Å². The van der Waals surface area contributed by atoms with Crippen LogP contribution in [-0.2, 0) is 42.2 Å². The normalized spacial score (nSPS) is 11.6. The molecule has 0 aromatic heterocycles. The molecule has 0 aliphatic rings. The van der Waals surface area contributed by atoms with Gasteiger partial charge in [-0.3, -0.25) is 4.99 Å². The van der Waals surface area contributed by atoms with E-state index in [1.165, 1.54) is 273 Å². The van der Waals surface area contributed by atoms with Gasteiger partial charge in [0.2, 0.25) is 0 Å². The Labute approximate surface area is 422 Å². The van der Waals surface area contributed by atoms with Gasteiger partial charge in [0.1, 0.15) is 5.71 Å². The summed E-state index contributed by atoms with van der Waals surface area (Å²) in [6.07, 6.45) is 58.3. The van der Waals surface area contributed by atoms with Gasteiger partial charge in [0.05, 0.1) is 17.6 Å². The maximum atomic E-state index is 5.18. The van der Waals surface area contributed by atoms with Crippen LogP contribution in [0.15, 0.2) is 46.4 Å². The van der Waals surface area contributed by atoms with Crippen molar-refractivity contribution in [1.29, 1.82) is 0 Å². The maximum absolute atomic E-state index is 5.18. The summed E-state index contributed by atoms with van der Waals surface area (Å²) in [6.45, 7) is 11.5. The molecule has 2 aromatic rings. The third-order valence-corrected chi connectivity index (χ3v) is 13.8. The second-order valence-corrected chi connectivity index (χ2v) is 20.0. The van der Waals surface area contributed by atoms with Gasteiger partial charge in [0.25, 0.3) is 0 Å². The zero-order chi connectivity index (χ0) is 46.5. The van der Waals surface area contributed by atoms with Crippen LogP contribution in [0.1, 0.15) is 301 Å². The fraction of sp³-hybridized carbons (Fsp3) is 0.746. The summed E-state index contributed by atoms with van der Waals surface area (Å²) >= 11 is 0. The zero-order valence-corrected chi connectivity index (χ0v) is 45.4. The first-order chi connectivity index (χ1) is 32.1. The molecule has 0 spiro atoms. The van der Waals surface area contributed by atoms with Gasteiger partial charge in [-0.2, -0.15) is 0 Å². The summed E-state index contributed by atoms with van der Waals surface area (Å²) in [6, 6.07) is 13.8. The minimum Gasteiger partial charge on any atom is -0.254 e. The maximum Gasteiger partial charge on any atom is 0.132 e. The number of aryl methyl sites for hydroxylation is 4. The van der Waals surface area contributed by atoms with Crippen molar-refractivity contribution in [3.63, 3.8) is 0 Å². The SMILES string of the molecule is CCCCCCCCCCCCCCCCCCCCCCCCCCCC#CC(C=Nc1ccc(CCCCC)c(CCCCC)c1)=Nc1ccc(CCCCC)c(CCCCC)c1.[Ni]. The molecule has 0 aliphatic carbocycles. The standard InChI is InChI=1S/C63H106N2.Ni/c1-6-11-16-17-18-19-20-21-22-23-24-25-26-27-28-29-30-31-32-33-34-35-36-37-38-39-44-49-63(65-62-53-51-58(46-41-13-8-3)60(55-62)48-43-15-10-5)56-64-61-52-50-57(45-40-12-7-2)59(54-61)47-42-14-9-4;/h50-56H,6-43,45-48H2,1-5H3;. The molecule has 0 saturated heterocycles. The van der Waals surface area contributed by atoms with E-state index in [9.17, 15) is 0 Å². The van der Waals surface area contributed by atoms with Crippen molar-refractivity contribution in [3.05, 3.63) is 58.7 Å². The number of nitrogens with zero attached hydrogens (tertiary/aromatic N) is 2. The Bertz CT molecular complexity index is 1510. The van der Waals surface area contributed by atoms with E-state index < -0.39 is 0 Å². The van der Waals surface area contributed by atoms with E-state index in [1.807, 2.05) is 6.21 Å². The van der Waals surface area contributed by atoms with Crippen LogP contribution in [0, 0.1) is 11.8 Å². The predicted octanol–water partition coefficient (Wildman–Crippen LogP) is 21.3. The number of unbranched alkanes of at least 4 members (excludes halogenated alkanes) is 33. The summed E-state index contributed by atoms with van der Waals surface area (Å²) in [4.78, 5) is 10.2. The van der Waals surface area contributed by atoms with Gasteiger partial charge < -0.3 is 0 Å². The van der Waals surface area contributed by atoms with Gasteiger partial charge in [-0.25, -0.2) is 4.99 Å². The average Bonchev–Trinajstić information content (AvgIpc) is 3.31. The van der Waals surface area contributed by atoms with Crippen LogP contribution in [0.5, 0.6) is 0 Å². The van der Waals surface area contributed by atoms with Crippen molar-refractivity contribution >= 4 is 23.3 Å². The first kappa shape index (κ1) is 61.8. The first-order valence-electron chi connectivity index (χ1n) is 29.0. The van der Waals surface area contributed by atoms with Gasteiger partial charge in [-0.05, 0) is 110 Å². The predicted molar refractivity (Wildman–Crippen MR) is 295 cm³/mol. The summed E-state index contributed by atoms with van der Waals surface area (Å²) in [5.74, 6) is 7.01. The molecule has 3 heteroatoms. The van der Waals surface area contributed by atoms with Crippen molar-refractivity contribution in [2.75, 3.05) is 0 Å². The minimum absolute atomic E-state index is 0. The molecule has 0 N–H and O–H groups in total. The minimum atomic E-state index is 0. The van der Waals surface area contributed by atoms with Crippen LogP contribution in [0.2, 0.25) is 0 Å². The summed E-state index contributed by atoms with van der Waals surface area (Å²) in [5, 5.41) is 0. The van der Waals surface area contributed by atoms with Gasteiger partial charge in [0, 0.05) is 22.9 Å². The Morgan fingerprint density at radius 3 is 1.05 bits per heavy atom. The van der Waals surface area contributed by atoms with E-state index in [4.69, 9.17) is 9.98 Å². The largest absolute Gasteiger partial charge is 0.254 e. The van der Waals surface area contributed by atoms with Crippen molar-refractivity contribution in [2.24, 2.45) is 9.98 Å². The quantitative estimate of drug-likeness (QED) is 0.0274. The van der Waals surface area contributed by atoms with Crippen molar-refractivity contribution < 1.29 is 16.5 Å². The molecule has 0 heterocycles. The molecule has 2 nitrogen and oxygen atoms in total. The van der Waals surface area contributed by atoms with Gasteiger partial charge in [-0.15, -0.1) is 0 Å². The van der Waals surface area contributed by atoms with E-state index in [1.54, 1.807) is 0 Å².